The smallest absolute Gasteiger partial charge is 0.0705 e. The summed E-state index contributed by atoms with van der Waals surface area (Å²) in [6.45, 7) is 4.19. The number of aromatic nitrogens is 1. The van der Waals surface area contributed by atoms with Crippen molar-refractivity contribution in [3.63, 3.8) is 0 Å². The number of hydrogen-bond donors (Lipinski definition) is 1. The van der Waals surface area contributed by atoms with Crippen molar-refractivity contribution in [1.29, 1.82) is 0 Å². The van der Waals surface area contributed by atoms with Gasteiger partial charge in [-0.2, -0.15) is 0 Å². The van der Waals surface area contributed by atoms with Gasteiger partial charge in [0.2, 0.25) is 0 Å². The summed E-state index contributed by atoms with van der Waals surface area (Å²) in [6, 6.07) is 20.9. The summed E-state index contributed by atoms with van der Waals surface area (Å²) in [4.78, 5) is 4.54. The summed E-state index contributed by atoms with van der Waals surface area (Å²) in [5.74, 6) is 0.280. The highest BCUT2D eigenvalue weighted by molar-refractivity contribution is 5.79. The van der Waals surface area contributed by atoms with E-state index in [1.165, 1.54) is 5.56 Å². The fourth-order valence-corrected chi connectivity index (χ4v) is 2.71. The molecule has 0 radical (unpaired) electrons. The third-order valence-electron chi connectivity index (χ3n) is 4.10. The van der Waals surface area contributed by atoms with Crippen LogP contribution in [0.1, 0.15) is 35.7 Å². The minimum absolute atomic E-state index is 0.0156. The van der Waals surface area contributed by atoms with E-state index in [9.17, 15) is 0 Å². The first-order chi connectivity index (χ1) is 10.1. The van der Waals surface area contributed by atoms with E-state index in [1.807, 2.05) is 19.1 Å². The zero-order chi connectivity index (χ0) is 14.8. The Kier molecular flexibility index (Phi) is 3.72. The number of pyridine rings is 1. The van der Waals surface area contributed by atoms with Gasteiger partial charge in [-0.25, -0.2) is 0 Å². The van der Waals surface area contributed by atoms with E-state index in [1.54, 1.807) is 0 Å². The molecule has 0 aliphatic rings. The lowest BCUT2D eigenvalue weighted by atomic mass is 9.89. The number of nitrogens with two attached hydrogens (primary N) is 1. The van der Waals surface area contributed by atoms with E-state index in [-0.39, 0.29) is 12.0 Å². The van der Waals surface area contributed by atoms with Crippen LogP contribution in [-0.4, -0.2) is 4.98 Å². The molecular formula is C19H20N2. The summed E-state index contributed by atoms with van der Waals surface area (Å²) in [6.07, 6.45) is 0. The Labute approximate surface area is 125 Å². The van der Waals surface area contributed by atoms with Gasteiger partial charge in [-0.1, -0.05) is 49.4 Å². The number of benzene rings is 2. The maximum atomic E-state index is 6.47. The normalized spacial score (nSPS) is 14.0. The molecule has 2 N–H and O–H groups in total. The van der Waals surface area contributed by atoms with Gasteiger partial charge in [-0.15, -0.1) is 0 Å². The van der Waals surface area contributed by atoms with Crippen LogP contribution in [0.5, 0.6) is 0 Å². The predicted molar refractivity (Wildman–Crippen MR) is 88.3 cm³/mol. The Balaban J connectivity index is 1.94. The molecule has 0 saturated carbocycles. The van der Waals surface area contributed by atoms with Crippen LogP contribution in [0.2, 0.25) is 0 Å². The lowest BCUT2D eigenvalue weighted by Gasteiger charge is -2.21. The average Bonchev–Trinajstić information content (AvgIpc) is 2.53. The van der Waals surface area contributed by atoms with Gasteiger partial charge in [0.15, 0.2) is 0 Å². The van der Waals surface area contributed by atoms with Crippen molar-refractivity contribution < 1.29 is 0 Å². The fourth-order valence-electron chi connectivity index (χ4n) is 2.71. The van der Waals surface area contributed by atoms with Crippen LogP contribution < -0.4 is 5.73 Å². The SMILES string of the molecule is Cc1ccc2cc(C(N)C(C)c3ccccc3)ccc2n1. The number of rotatable bonds is 3. The topological polar surface area (TPSA) is 38.9 Å². The van der Waals surface area contributed by atoms with Crippen molar-refractivity contribution >= 4 is 10.9 Å². The van der Waals surface area contributed by atoms with Gasteiger partial charge in [0.1, 0.15) is 0 Å². The molecule has 106 valence electrons. The molecule has 2 atom stereocenters. The molecule has 1 aromatic heterocycles. The van der Waals surface area contributed by atoms with E-state index >= 15 is 0 Å². The maximum absolute atomic E-state index is 6.47. The molecule has 21 heavy (non-hydrogen) atoms. The second-order valence-electron chi connectivity index (χ2n) is 5.63. The van der Waals surface area contributed by atoms with Crippen LogP contribution in [0.4, 0.5) is 0 Å². The third-order valence-corrected chi connectivity index (χ3v) is 4.10. The standard InChI is InChI=1S/C19H20N2/c1-13-8-9-16-12-17(10-11-18(16)21-13)19(20)14(2)15-6-4-3-5-7-15/h3-12,14,19H,20H2,1-2H3. The largest absolute Gasteiger partial charge is 0.323 e. The van der Waals surface area contributed by atoms with Crippen molar-refractivity contribution in [2.24, 2.45) is 5.73 Å². The molecule has 0 spiro atoms. The molecule has 0 fully saturated rings. The molecule has 2 aromatic carbocycles. The van der Waals surface area contributed by atoms with E-state index < -0.39 is 0 Å². The molecule has 3 aromatic rings. The molecule has 0 aliphatic heterocycles. The van der Waals surface area contributed by atoms with Crippen LogP contribution in [0.15, 0.2) is 60.7 Å². The zero-order valence-corrected chi connectivity index (χ0v) is 12.5. The number of hydrogen-bond acceptors (Lipinski definition) is 2. The van der Waals surface area contributed by atoms with Crippen LogP contribution >= 0.6 is 0 Å². The van der Waals surface area contributed by atoms with Gasteiger partial charge in [-0.05, 0) is 36.2 Å². The van der Waals surface area contributed by atoms with Gasteiger partial charge in [-0.3, -0.25) is 4.98 Å². The highest BCUT2D eigenvalue weighted by Crippen LogP contribution is 2.29. The summed E-state index contributed by atoms with van der Waals surface area (Å²) in [5, 5.41) is 1.15. The third kappa shape index (κ3) is 2.81. The maximum Gasteiger partial charge on any atom is 0.0705 e. The van der Waals surface area contributed by atoms with Gasteiger partial charge in [0.25, 0.3) is 0 Å². The number of aryl methyl sites for hydroxylation is 1. The summed E-state index contributed by atoms with van der Waals surface area (Å²) in [7, 11) is 0. The first-order valence-corrected chi connectivity index (χ1v) is 7.33. The van der Waals surface area contributed by atoms with Crippen LogP contribution in [0.3, 0.4) is 0 Å². The Morgan fingerprint density at radius 2 is 1.67 bits per heavy atom. The van der Waals surface area contributed by atoms with Crippen LogP contribution in [0.25, 0.3) is 10.9 Å². The van der Waals surface area contributed by atoms with Crippen molar-refractivity contribution in [3.8, 4) is 0 Å². The molecule has 0 aliphatic carbocycles. The fraction of sp³-hybridized carbons (Fsp3) is 0.211. The molecule has 0 saturated heterocycles. The summed E-state index contributed by atoms with van der Waals surface area (Å²) in [5.41, 5.74) is 11.0. The first kappa shape index (κ1) is 13.8. The van der Waals surface area contributed by atoms with Gasteiger partial charge >= 0.3 is 0 Å². The Morgan fingerprint density at radius 1 is 0.905 bits per heavy atom. The summed E-state index contributed by atoms with van der Waals surface area (Å²) >= 11 is 0. The molecular weight excluding hydrogens is 256 g/mol. The zero-order valence-electron chi connectivity index (χ0n) is 12.5. The van der Waals surface area contributed by atoms with Crippen molar-refractivity contribution in [3.05, 3.63) is 77.5 Å². The predicted octanol–water partition coefficient (Wildman–Crippen LogP) is 4.35. The quantitative estimate of drug-likeness (QED) is 0.772. The van der Waals surface area contributed by atoms with Crippen molar-refractivity contribution in [2.75, 3.05) is 0 Å². The molecule has 2 unspecified atom stereocenters. The molecule has 1 heterocycles. The molecule has 2 nitrogen and oxygen atoms in total. The minimum Gasteiger partial charge on any atom is -0.323 e. The Hall–Kier alpha value is -2.19. The van der Waals surface area contributed by atoms with Crippen LogP contribution in [0, 0.1) is 6.92 Å². The van der Waals surface area contributed by atoms with Crippen LogP contribution in [-0.2, 0) is 0 Å². The van der Waals surface area contributed by atoms with Gasteiger partial charge in [0, 0.05) is 23.0 Å². The second-order valence-corrected chi connectivity index (χ2v) is 5.63. The second kappa shape index (κ2) is 5.66. The Morgan fingerprint density at radius 3 is 2.43 bits per heavy atom. The van der Waals surface area contributed by atoms with Crippen molar-refractivity contribution in [1.82, 2.24) is 4.98 Å². The molecule has 2 heteroatoms. The Bertz CT molecular complexity index is 750. The lowest BCUT2D eigenvalue weighted by molar-refractivity contribution is 0.598. The first-order valence-electron chi connectivity index (χ1n) is 7.33. The number of nitrogens with zero attached hydrogens (tertiary/aromatic N) is 1. The van der Waals surface area contributed by atoms with E-state index in [4.69, 9.17) is 5.73 Å². The molecule has 0 bridgehead atoms. The lowest BCUT2D eigenvalue weighted by Crippen LogP contribution is -2.17. The van der Waals surface area contributed by atoms with E-state index in [0.717, 1.165) is 22.2 Å². The molecule has 3 rings (SSSR count). The highest BCUT2D eigenvalue weighted by atomic mass is 14.7. The van der Waals surface area contributed by atoms with E-state index in [0.29, 0.717) is 0 Å². The summed E-state index contributed by atoms with van der Waals surface area (Å²) < 4.78 is 0. The van der Waals surface area contributed by atoms with Crippen molar-refractivity contribution in [2.45, 2.75) is 25.8 Å². The highest BCUT2D eigenvalue weighted by Gasteiger charge is 2.16. The molecule has 0 amide bonds. The number of fused-ring (bicyclic) bond motifs is 1. The average molecular weight is 276 g/mol. The van der Waals surface area contributed by atoms with Gasteiger partial charge in [0.05, 0.1) is 5.52 Å². The minimum atomic E-state index is -0.0156. The van der Waals surface area contributed by atoms with E-state index in [2.05, 4.69) is 60.4 Å². The van der Waals surface area contributed by atoms with Gasteiger partial charge < -0.3 is 5.73 Å². The monoisotopic (exact) mass is 276 g/mol.